The van der Waals surface area contributed by atoms with Crippen LogP contribution in [0.1, 0.15) is 24.0 Å². The maximum Gasteiger partial charge on any atom is 0.172 e. The number of aliphatic imine (C=N–C) groups is 1. The van der Waals surface area contributed by atoms with Crippen LogP contribution >= 0.6 is 20.7 Å². The molecule has 0 spiro atoms. The van der Waals surface area contributed by atoms with Crippen LogP contribution in [0, 0.1) is 15.7 Å². The fourth-order valence-electron chi connectivity index (χ4n) is 9.19. The number of fused-ring (bicyclic) bond motifs is 3. The zero-order chi connectivity index (χ0) is 45.9. The molecule has 69 heavy (non-hydrogen) atoms. The summed E-state index contributed by atoms with van der Waals surface area (Å²) in [7, 11) is 0. The first-order valence-corrected chi connectivity index (χ1v) is 25.7. The van der Waals surface area contributed by atoms with E-state index < -0.39 is 0 Å². The predicted octanol–water partition coefficient (Wildman–Crippen LogP) is 16.2. The van der Waals surface area contributed by atoms with Crippen LogP contribution in [0.25, 0.3) is 112 Å². The highest BCUT2D eigenvalue weighted by Gasteiger charge is 2.18. The number of hydrogen-bond acceptors (Lipinski definition) is 4. The Hall–Kier alpha value is -8.18. The lowest BCUT2D eigenvalue weighted by atomic mass is 9.92. The van der Waals surface area contributed by atoms with Crippen LogP contribution in [0.3, 0.4) is 0 Å². The zero-order valence-corrected chi connectivity index (χ0v) is 39.8. The number of allylic oxidation sites excluding steroid dienone is 2. The van der Waals surface area contributed by atoms with Crippen molar-refractivity contribution < 1.29 is 0 Å². The minimum atomic E-state index is -0.221. The molecule has 10 aromatic rings. The Kier molecular flexibility index (Phi) is 11.5. The second-order valence-electron chi connectivity index (χ2n) is 17.2. The van der Waals surface area contributed by atoms with Crippen molar-refractivity contribution in [1.82, 2.24) is 15.0 Å². The predicted molar refractivity (Wildman–Crippen MR) is 297 cm³/mol. The summed E-state index contributed by atoms with van der Waals surface area (Å²) in [5.41, 5.74) is 17.3. The Labute approximate surface area is 413 Å². The van der Waals surface area contributed by atoms with E-state index in [0.29, 0.717) is 17.5 Å². The molecule has 0 N–H and O–H groups in total. The van der Waals surface area contributed by atoms with Crippen LogP contribution in [0.2, 0.25) is 0 Å². The Morgan fingerprint density at radius 2 is 0.986 bits per heavy atom. The molecule has 4 nitrogen and oxygen atoms in total. The molecule has 0 bridgehead atoms. The van der Waals surface area contributed by atoms with Crippen molar-refractivity contribution in [3.63, 3.8) is 0 Å². The van der Waals surface area contributed by atoms with Crippen molar-refractivity contribution in [2.75, 3.05) is 6.54 Å². The van der Waals surface area contributed by atoms with Gasteiger partial charge in [-0.2, -0.15) is 0 Å². The van der Waals surface area contributed by atoms with Gasteiger partial charge in [0.05, 0.1) is 5.56 Å². The summed E-state index contributed by atoms with van der Waals surface area (Å²) in [5, 5.41) is 2.67. The van der Waals surface area contributed by atoms with Gasteiger partial charge in [0.1, 0.15) is 0 Å². The van der Waals surface area contributed by atoms with E-state index in [-0.39, 0.29) is 20.7 Å². The zero-order valence-electron chi connectivity index (χ0n) is 37.7. The molecular weight excluding hydrogens is 952 g/mol. The maximum absolute atomic E-state index is 5.26. The molecule has 0 saturated carbocycles. The lowest BCUT2D eigenvalue weighted by Crippen LogP contribution is -2.00. The summed E-state index contributed by atoms with van der Waals surface area (Å²) >= 11 is -0.221. The molecule has 1 aromatic heterocycles. The van der Waals surface area contributed by atoms with Gasteiger partial charge in [-0.15, -0.1) is 0 Å². The topological polar surface area (TPSA) is 51.0 Å². The second-order valence-corrected chi connectivity index (χ2v) is 19.8. The largest absolute Gasteiger partial charge is 0.292 e. The molecule has 5 heteroatoms. The van der Waals surface area contributed by atoms with Gasteiger partial charge < -0.3 is 0 Å². The normalized spacial score (nSPS) is 13.0. The minimum absolute atomic E-state index is 0.221. The summed E-state index contributed by atoms with van der Waals surface area (Å²) in [4.78, 5) is 20.2. The standard InChI is InChI=1S/C64H43IN4/c1-3-12-43(13-4-1)45-26-32-51(33-27-45)62-67-63(52-34-28-46(29-35-52)44-14-5-2-6-15-44)69-64(68-62)57-39-55(48-22-20-47(21-23-48)54-17-11-37-66-42-54)38-56(40-57)49-24-30-50(31-25-49)60-41-53-16-7-8-18-58(53)61-59(60)19-9-10-36-65-61/h1-9,12-28,30-34,36,38-42H,10-11,37H2. The molecule has 12 rings (SSSR count). The molecular formula is C64H43IN4. The number of dihydropyridines is 1. The van der Waals surface area contributed by atoms with Gasteiger partial charge in [-0.05, 0) is 131 Å². The van der Waals surface area contributed by atoms with Crippen LogP contribution in [-0.2, 0) is 0 Å². The smallest absolute Gasteiger partial charge is 0.172 e. The lowest BCUT2D eigenvalue weighted by molar-refractivity contribution is 1.01. The van der Waals surface area contributed by atoms with E-state index in [1.165, 1.54) is 31.0 Å². The van der Waals surface area contributed by atoms with Gasteiger partial charge in [-0.25, -0.2) is 15.0 Å². The summed E-state index contributed by atoms with van der Waals surface area (Å²) in [6.45, 7) is 0.842. The van der Waals surface area contributed by atoms with Crippen LogP contribution < -0.4 is 0 Å². The third-order valence-corrected chi connectivity index (χ3v) is 15.5. The van der Waals surface area contributed by atoms with Gasteiger partial charge in [0.25, 0.3) is 0 Å². The molecule has 0 amide bonds. The molecule has 2 aliphatic heterocycles. The van der Waals surface area contributed by atoms with Crippen molar-refractivity contribution in [2.45, 2.75) is 12.8 Å². The van der Waals surface area contributed by atoms with E-state index >= 15 is 0 Å². The highest BCUT2D eigenvalue weighted by molar-refractivity contribution is 14.2. The summed E-state index contributed by atoms with van der Waals surface area (Å²) < 4.78 is 3.99. The van der Waals surface area contributed by atoms with Crippen molar-refractivity contribution in [2.24, 2.45) is 4.99 Å². The van der Waals surface area contributed by atoms with Gasteiger partial charge in [-0.3, -0.25) is 4.99 Å². The molecule has 0 atom stereocenters. The molecule has 2 aliphatic rings. The second kappa shape index (κ2) is 18.8. The van der Waals surface area contributed by atoms with Crippen LogP contribution in [0.5, 0.6) is 0 Å². The monoisotopic (exact) mass is 994 g/mol. The van der Waals surface area contributed by atoms with E-state index in [0.717, 1.165) is 91.7 Å². The number of aromatic nitrogens is 3. The van der Waals surface area contributed by atoms with Crippen molar-refractivity contribution in [3.8, 4) is 89.8 Å². The Morgan fingerprint density at radius 1 is 0.435 bits per heavy atom. The SMILES string of the molecule is c1c(-c2ccccc2)ccc(-c2nc(-c3ccc(-c4ccccc4)cc3)nc(-c3cc(-c4ccc(C5=CCCN=C5)cc4)cc(-c4ccc(-c5cc6ccccc6c6c5C=CCC=I6)cc4)c3)n2)c#1. The first-order chi connectivity index (χ1) is 34.2. The molecule has 0 aliphatic carbocycles. The highest BCUT2D eigenvalue weighted by Crippen LogP contribution is 2.40. The Bertz CT molecular complexity index is 3530. The van der Waals surface area contributed by atoms with Crippen LogP contribution in [0.4, 0.5) is 0 Å². The number of halogens is 1. The molecule has 0 fully saturated rings. The fraction of sp³-hybridized carbons (Fsp3) is 0.0469. The van der Waals surface area contributed by atoms with E-state index in [4.69, 9.17) is 15.0 Å². The fourth-order valence-corrected chi connectivity index (χ4v) is 11.8. The highest BCUT2D eigenvalue weighted by atomic mass is 127. The van der Waals surface area contributed by atoms with Gasteiger partial charge in [0.15, 0.2) is 17.5 Å². The van der Waals surface area contributed by atoms with Crippen LogP contribution in [-0.4, -0.2) is 31.7 Å². The summed E-state index contributed by atoms with van der Waals surface area (Å²) in [6, 6.07) is 75.9. The third kappa shape index (κ3) is 8.79. The Balaban J connectivity index is 0.992. The molecule has 0 saturated heterocycles. The first kappa shape index (κ1) is 42.2. The minimum Gasteiger partial charge on any atom is -0.292 e. The molecule has 0 radical (unpaired) electrons. The summed E-state index contributed by atoms with van der Waals surface area (Å²) in [6.07, 6.45) is 10.9. The molecule has 0 unspecified atom stereocenters. The number of rotatable bonds is 9. The average Bonchev–Trinajstić information content (AvgIpc) is 3.70. The third-order valence-electron chi connectivity index (χ3n) is 12.8. The maximum atomic E-state index is 5.26. The van der Waals surface area contributed by atoms with E-state index in [1.807, 2.05) is 36.5 Å². The van der Waals surface area contributed by atoms with Gasteiger partial charge in [0.2, 0.25) is 0 Å². The number of nitrogens with zero attached hydrogens (tertiary/aromatic N) is 4. The van der Waals surface area contributed by atoms with Crippen molar-refractivity contribution in [1.29, 1.82) is 0 Å². The van der Waals surface area contributed by atoms with Gasteiger partial charge in [0, 0.05) is 33.0 Å². The molecule has 326 valence electrons. The average molecular weight is 995 g/mol. The van der Waals surface area contributed by atoms with Crippen molar-refractivity contribution >= 4 is 53.4 Å². The first-order valence-electron chi connectivity index (χ1n) is 23.3. The summed E-state index contributed by atoms with van der Waals surface area (Å²) in [5.74, 6) is 1.69. The quantitative estimate of drug-likeness (QED) is 0.135. The number of hydrogen-bond donors (Lipinski definition) is 0. The van der Waals surface area contributed by atoms with E-state index in [2.05, 4.69) is 203 Å². The Morgan fingerprint density at radius 3 is 1.67 bits per heavy atom. The molecule has 3 heterocycles. The van der Waals surface area contributed by atoms with Gasteiger partial charge >= 0.3 is 0 Å². The van der Waals surface area contributed by atoms with Gasteiger partial charge in [-0.1, -0.05) is 209 Å². The van der Waals surface area contributed by atoms with Crippen molar-refractivity contribution in [3.05, 3.63) is 233 Å². The number of benzene rings is 8. The van der Waals surface area contributed by atoms with E-state index in [9.17, 15) is 0 Å². The van der Waals surface area contributed by atoms with E-state index in [1.54, 1.807) is 0 Å². The lowest BCUT2D eigenvalue weighted by Gasteiger charge is -2.15. The van der Waals surface area contributed by atoms with Crippen LogP contribution in [0.15, 0.2) is 211 Å². The molecule has 9 aromatic carbocycles.